The molecule has 0 aliphatic rings. The Bertz CT molecular complexity index is 339. The molecule has 0 amide bonds. The minimum Gasteiger partial charge on any atom is -0.398 e. The molecule has 1 aromatic rings. The summed E-state index contributed by atoms with van der Waals surface area (Å²) in [7, 11) is 0. The van der Waals surface area contributed by atoms with Crippen LogP contribution in [0, 0.1) is 0 Å². The van der Waals surface area contributed by atoms with Gasteiger partial charge in [0, 0.05) is 16.7 Å². The van der Waals surface area contributed by atoms with Crippen molar-refractivity contribution in [3.8, 4) is 0 Å². The standard InChI is InChI=1S/C15H25BrN2/c1-2-3-4-5-6-7-10-18-12-13-8-9-14(16)11-15(13)17/h8-9,11,18H,2-7,10,12,17H2,1H3. The molecule has 0 fully saturated rings. The molecule has 0 radical (unpaired) electrons. The lowest BCUT2D eigenvalue weighted by Gasteiger charge is -2.08. The highest BCUT2D eigenvalue weighted by atomic mass is 79.9. The van der Waals surface area contributed by atoms with Gasteiger partial charge in [0.1, 0.15) is 0 Å². The molecule has 0 aliphatic carbocycles. The van der Waals surface area contributed by atoms with Gasteiger partial charge in [-0.3, -0.25) is 0 Å². The molecule has 102 valence electrons. The van der Waals surface area contributed by atoms with E-state index in [1.54, 1.807) is 0 Å². The summed E-state index contributed by atoms with van der Waals surface area (Å²) in [6.45, 7) is 4.21. The van der Waals surface area contributed by atoms with Gasteiger partial charge < -0.3 is 11.1 Å². The second kappa shape index (κ2) is 9.40. The van der Waals surface area contributed by atoms with Crippen molar-refractivity contribution in [3.05, 3.63) is 28.2 Å². The van der Waals surface area contributed by atoms with Crippen LogP contribution in [0.1, 0.15) is 51.0 Å². The number of unbranched alkanes of at least 4 members (excludes halogenated alkanes) is 5. The van der Waals surface area contributed by atoms with Crippen molar-refractivity contribution in [2.24, 2.45) is 0 Å². The molecule has 1 rings (SSSR count). The molecule has 0 aliphatic heterocycles. The molecule has 0 spiro atoms. The van der Waals surface area contributed by atoms with Crippen LogP contribution in [0.15, 0.2) is 22.7 Å². The molecular weight excluding hydrogens is 288 g/mol. The predicted octanol–water partition coefficient (Wildman–Crippen LogP) is 4.48. The van der Waals surface area contributed by atoms with Crippen LogP contribution in [-0.2, 0) is 6.54 Å². The second-order valence-electron chi connectivity index (χ2n) is 4.79. The van der Waals surface area contributed by atoms with Gasteiger partial charge in [0.05, 0.1) is 0 Å². The Morgan fingerprint density at radius 2 is 1.83 bits per heavy atom. The topological polar surface area (TPSA) is 38.0 Å². The smallest absolute Gasteiger partial charge is 0.0370 e. The van der Waals surface area contributed by atoms with Gasteiger partial charge in [0.15, 0.2) is 0 Å². The molecule has 1 aromatic carbocycles. The van der Waals surface area contributed by atoms with E-state index in [1.165, 1.54) is 44.1 Å². The first kappa shape index (κ1) is 15.5. The van der Waals surface area contributed by atoms with Crippen molar-refractivity contribution >= 4 is 21.6 Å². The molecule has 0 saturated carbocycles. The number of anilines is 1. The van der Waals surface area contributed by atoms with Gasteiger partial charge in [-0.05, 0) is 30.7 Å². The first-order valence-corrected chi connectivity index (χ1v) is 7.78. The van der Waals surface area contributed by atoms with Crippen LogP contribution < -0.4 is 11.1 Å². The van der Waals surface area contributed by atoms with E-state index < -0.39 is 0 Å². The van der Waals surface area contributed by atoms with Gasteiger partial charge in [-0.15, -0.1) is 0 Å². The van der Waals surface area contributed by atoms with Crippen LogP contribution in [0.4, 0.5) is 5.69 Å². The van der Waals surface area contributed by atoms with E-state index in [2.05, 4.69) is 34.2 Å². The summed E-state index contributed by atoms with van der Waals surface area (Å²) in [4.78, 5) is 0. The number of hydrogen-bond acceptors (Lipinski definition) is 2. The number of benzene rings is 1. The fraction of sp³-hybridized carbons (Fsp3) is 0.600. The number of nitrogens with two attached hydrogens (primary N) is 1. The average molecular weight is 313 g/mol. The SMILES string of the molecule is CCCCCCCCNCc1ccc(Br)cc1N. The fourth-order valence-corrected chi connectivity index (χ4v) is 2.36. The van der Waals surface area contributed by atoms with Crippen LogP contribution in [0.25, 0.3) is 0 Å². The number of rotatable bonds is 9. The zero-order valence-corrected chi connectivity index (χ0v) is 12.9. The third-order valence-corrected chi connectivity index (χ3v) is 3.62. The molecule has 0 heterocycles. The summed E-state index contributed by atoms with van der Waals surface area (Å²) in [6, 6.07) is 6.08. The van der Waals surface area contributed by atoms with Crippen molar-refractivity contribution in [2.75, 3.05) is 12.3 Å². The van der Waals surface area contributed by atoms with Crippen LogP contribution in [0.3, 0.4) is 0 Å². The average Bonchev–Trinajstić information content (AvgIpc) is 2.35. The fourth-order valence-electron chi connectivity index (χ4n) is 1.98. The lowest BCUT2D eigenvalue weighted by molar-refractivity contribution is 0.572. The summed E-state index contributed by atoms with van der Waals surface area (Å²) >= 11 is 3.42. The monoisotopic (exact) mass is 312 g/mol. The van der Waals surface area contributed by atoms with Crippen LogP contribution >= 0.6 is 15.9 Å². The molecule has 0 aromatic heterocycles. The molecule has 3 N–H and O–H groups in total. The molecule has 18 heavy (non-hydrogen) atoms. The van der Waals surface area contributed by atoms with Crippen LogP contribution in [0.5, 0.6) is 0 Å². The molecule has 2 nitrogen and oxygen atoms in total. The number of halogens is 1. The van der Waals surface area contributed by atoms with E-state index in [4.69, 9.17) is 5.73 Å². The van der Waals surface area contributed by atoms with Gasteiger partial charge in [0.2, 0.25) is 0 Å². The van der Waals surface area contributed by atoms with Crippen molar-refractivity contribution in [3.63, 3.8) is 0 Å². The van der Waals surface area contributed by atoms with E-state index in [-0.39, 0.29) is 0 Å². The van der Waals surface area contributed by atoms with E-state index in [0.717, 1.165) is 23.2 Å². The van der Waals surface area contributed by atoms with E-state index >= 15 is 0 Å². The highest BCUT2D eigenvalue weighted by molar-refractivity contribution is 9.10. The first-order chi connectivity index (χ1) is 8.74. The summed E-state index contributed by atoms with van der Waals surface area (Å²) in [5, 5.41) is 3.46. The maximum atomic E-state index is 5.95. The molecular formula is C15H25BrN2. The Balaban J connectivity index is 2.07. The van der Waals surface area contributed by atoms with Gasteiger partial charge in [-0.2, -0.15) is 0 Å². The Kier molecular flexibility index (Phi) is 8.10. The predicted molar refractivity (Wildman–Crippen MR) is 83.6 cm³/mol. The van der Waals surface area contributed by atoms with Crippen molar-refractivity contribution < 1.29 is 0 Å². The lowest BCUT2D eigenvalue weighted by atomic mass is 10.1. The normalized spacial score (nSPS) is 10.8. The van der Waals surface area contributed by atoms with E-state index in [1.807, 2.05) is 12.1 Å². The van der Waals surface area contributed by atoms with Crippen molar-refractivity contribution in [2.45, 2.75) is 52.0 Å². The second-order valence-corrected chi connectivity index (χ2v) is 5.70. The maximum absolute atomic E-state index is 5.95. The van der Waals surface area contributed by atoms with E-state index in [0.29, 0.717) is 0 Å². The summed E-state index contributed by atoms with van der Waals surface area (Å²) in [6.07, 6.45) is 8.05. The molecule has 3 heteroatoms. The van der Waals surface area contributed by atoms with Crippen molar-refractivity contribution in [1.82, 2.24) is 5.32 Å². The maximum Gasteiger partial charge on any atom is 0.0370 e. The Labute approximate surface area is 119 Å². The quantitative estimate of drug-likeness (QED) is 0.521. The van der Waals surface area contributed by atoms with Crippen molar-refractivity contribution in [1.29, 1.82) is 0 Å². The first-order valence-electron chi connectivity index (χ1n) is 6.98. The summed E-state index contributed by atoms with van der Waals surface area (Å²) in [5.74, 6) is 0. The van der Waals surface area contributed by atoms with Gasteiger partial charge >= 0.3 is 0 Å². The van der Waals surface area contributed by atoms with Crippen LogP contribution in [-0.4, -0.2) is 6.54 Å². The van der Waals surface area contributed by atoms with Gasteiger partial charge in [-0.25, -0.2) is 0 Å². The minimum absolute atomic E-state index is 0.861. The number of hydrogen-bond donors (Lipinski definition) is 2. The largest absolute Gasteiger partial charge is 0.398 e. The molecule has 0 atom stereocenters. The lowest BCUT2D eigenvalue weighted by Crippen LogP contribution is -2.15. The number of nitrogens with one attached hydrogen (secondary N) is 1. The van der Waals surface area contributed by atoms with Gasteiger partial charge in [0.25, 0.3) is 0 Å². The highest BCUT2D eigenvalue weighted by Crippen LogP contribution is 2.18. The van der Waals surface area contributed by atoms with Gasteiger partial charge in [-0.1, -0.05) is 61.0 Å². The number of nitrogen functional groups attached to an aromatic ring is 1. The minimum atomic E-state index is 0.861. The molecule has 0 saturated heterocycles. The highest BCUT2D eigenvalue weighted by Gasteiger charge is 1.99. The molecule has 0 unspecified atom stereocenters. The Morgan fingerprint density at radius 1 is 1.11 bits per heavy atom. The van der Waals surface area contributed by atoms with E-state index in [9.17, 15) is 0 Å². The Hall–Kier alpha value is -0.540. The zero-order chi connectivity index (χ0) is 13.2. The summed E-state index contributed by atoms with van der Waals surface area (Å²) < 4.78 is 1.04. The van der Waals surface area contributed by atoms with Crippen LogP contribution in [0.2, 0.25) is 0 Å². The summed E-state index contributed by atoms with van der Waals surface area (Å²) in [5.41, 5.74) is 7.99. The third kappa shape index (κ3) is 6.41. The molecule has 0 bridgehead atoms. The Morgan fingerprint density at radius 3 is 2.56 bits per heavy atom. The third-order valence-electron chi connectivity index (χ3n) is 3.13. The zero-order valence-electron chi connectivity index (χ0n) is 11.3.